The van der Waals surface area contributed by atoms with Gasteiger partial charge in [0, 0.05) is 43.6 Å². The molecule has 2 aliphatic heterocycles. The topological polar surface area (TPSA) is 67.9 Å². The van der Waals surface area contributed by atoms with Crippen LogP contribution >= 0.6 is 23.2 Å². The summed E-state index contributed by atoms with van der Waals surface area (Å²) in [6, 6.07) is 1.68. The van der Waals surface area contributed by atoms with E-state index in [2.05, 4.69) is 5.32 Å². The Balaban J connectivity index is 1.66. The van der Waals surface area contributed by atoms with Crippen molar-refractivity contribution in [3.05, 3.63) is 27.2 Å². The summed E-state index contributed by atoms with van der Waals surface area (Å²) in [4.78, 5) is 26.0. The van der Waals surface area contributed by atoms with E-state index in [0.29, 0.717) is 60.3 Å². The van der Waals surface area contributed by atoms with Crippen molar-refractivity contribution in [1.82, 2.24) is 10.2 Å². The number of amides is 2. The van der Waals surface area contributed by atoms with Crippen molar-refractivity contribution in [2.45, 2.75) is 51.7 Å². The molecule has 0 saturated carbocycles. The molecular weight excluding hydrogens is 391 g/mol. The van der Waals surface area contributed by atoms with Crippen molar-refractivity contribution in [2.75, 3.05) is 19.6 Å². The zero-order valence-electron chi connectivity index (χ0n) is 15.7. The molecule has 1 aromatic carbocycles. The predicted molar refractivity (Wildman–Crippen MR) is 104 cm³/mol. The number of halogens is 2. The van der Waals surface area contributed by atoms with Crippen LogP contribution < -0.4 is 10.1 Å². The van der Waals surface area contributed by atoms with Crippen molar-refractivity contribution < 1.29 is 19.1 Å². The smallest absolute Gasteiger partial charge is 0.410 e. The maximum Gasteiger partial charge on any atom is 0.410 e. The first-order chi connectivity index (χ1) is 12.7. The van der Waals surface area contributed by atoms with Gasteiger partial charge >= 0.3 is 6.09 Å². The number of ether oxygens (including phenoxy) is 2. The van der Waals surface area contributed by atoms with E-state index in [1.165, 1.54) is 0 Å². The molecule has 0 aliphatic carbocycles. The Morgan fingerprint density at radius 3 is 2.56 bits per heavy atom. The average Bonchev–Trinajstić information content (AvgIpc) is 2.58. The number of nitrogens with one attached hydrogen (secondary N) is 1. The van der Waals surface area contributed by atoms with E-state index in [4.69, 9.17) is 32.7 Å². The zero-order chi connectivity index (χ0) is 19.8. The van der Waals surface area contributed by atoms with E-state index in [-0.39, 0.29) is 18.1 Å². The molecule has 2 heterocycles. The number of benzene rings is 1. The molecule has 1 aromatic rings. The second-order valence-electron chi connectivity index (χ2n) is 7.81. The number of fused-ring (bicyclic) bond motifs is 1. The van der Waals surface area contributed by atoms with Gasteiger partial charge in [0.1, 0.15) is 17.5 Å². The van der Waals surface area contributed by atoms with Crippen LogP contribution in [0.25, 0.3) is 0 Å². The highest BCUT2D eigenvalue weighted by atomic mass is 35.5. The minimum Gasteiger partial charge on any atom is -0.489 e. The van der Waals surface area contributed by atoms with E-state index in [9.17, 15) is 9.59 Å². The molecule has 0 atom stereocenters. The van der Waals surface area contributed by atoms with E-state index < -0.39 is 5.60 Å². The molecule has 6 nitrogen and oxygen atoms in total. The van der Waals surface area contributed by atoms with Gasteiger partial charge in [0.05, 0.1) is 10.6 Å². The molecule has 0 spiro atoms. The maximum absolute atomic E-state index is 12.2. The van der Waals surface area contributed by atoms with Gasteiger partial charge in [-0.15, -0.1) is 0 Å². The van der Waals surface area contributed by atoms with Crippen LogP contribution in [0.5, 0.6) is 5.75 Å². The van der Waals surface area contributed by atoms with Crippen LogP contribution in [0.4, 0.5) is 4.79 Å². The fourth-order valence-electron chi connectivity index (χ4n) is 3.26. The molecule has 1 saturated heterocycles. The third-order valence-corrected chi connectivity index (χ3v) is 5.27. The molecule has 0 unspecified atom stereocenters. The lowest BCUT2D eigenvalue weighted by Crippen LogP contribution is -2.44. The lowest BCUT2D eigenvalue weighted by Gasteiger charge is -2.34. The van der Waals surface area contributed by atoms with Crippen LogP contribution in [0.15, 0.2) is 6.07 Å². The molecular formula is C19H24Cl2N2O4. The number of hydrogen-bond acceptors (Lipinski definition) is 4. The summed E-state index contributed by atoms with van der Waals surface area (Å²) in [5.41, 5.74) is 0.646. The normalized spacial score (nSPS) is 18.0. The molecule has 0 bridgehead atoms. The quantitative estimate of drug-likeness (QED) is 0.791. The summed E-state index contributed by atoms with van der Waals surface area (Å²) in [5.74, 6) is 0.182. The molecule has 3 rings (SSSR count). The average molecular weight is 415 g/mol. The standard InChI is InChI=1S/C19H24Cl2N2O4/c1-19(2,3)27-18(25)23-8-5-11(6-9-23)26-14-10-13(20)12-4-7-22-17(24)15(12)16(14)21/h10-11H,4-9H2,1-3H3,(H,22,24). The molecule has 2 amide bonds. The minimum absolute atomic E-state index is 0.109. The second kappa shape index (κ2) is 7.76. The summed E-state index contributed by atoms with van der Waals surface area (Å²) in [6.45, 7) is 7.16. The summed E-state index contributed by atoms with van der Waals surface area (Å²) < 4.78 is 11.4. The Hall–Kier alpha value is -1.66. The monoisotopic (exact) mass is 414 g/mol. The number of carbonyl (C=O) groups excluding carboxylic acids is 2. The summed E-state index contributed by atoms with van der Waals surface area (Å²) in [6.07, 6.45) is 1.52. The van der Waals surface area contributed by atoms with Gasteiger partial charge in [0.25, 0.3) is 5.91 Å². The number of hydrogen-bond donors (Lipinski definition) is 1. The third kappa shape index (κ3) is 4.61. The van der Waals surface area contributed by atoms with Crippen molar-refractivity contribution in [2.24, 2.45) is 0 Å². The minimum atomic E-state index is -0.515. The molecule has 8 heteroatoms. The van der Waals surface area contributed by atoms with Gasteiger partial charge < -0.3 is 19.7 Å². The SMILES string of the molecule is CC(C)(C)OC(=O)N1CCC(Oc2cc(Cl)c3c(c2Cl)C(=O)NCC3)CC1. The fourth-order valence-corrected chi connectivity index (χ4v) is 3.85. The van der Waals surface area contributed by atoms with Crippen LogP contribution in [0.3, 0.4) is 0 Å². The number of rotatable bonds is 2. The maximum atomic E-state index is 12.2. The van der Waals surface area contributed by atoms with Crippen LogP contribution in [0.1, 0.15) is 49.5 Å². The van der Waals surface area contributed by atoms with Crippen molar-refractivity contribution >= 4 is 35.2 Å². The summed E-state index contributed by atoms with van der Waals surface area (Å²) in [7, 11) is 0. The van der Waals surface area contributed by atoms with Crippen LogP contribution in [0, 0.1) is 0 Å². The number of piperidine rings is 1. The van der Waals surface area contributed by atoms with Crippen LogP contribution in [0.2, 0.25) is 10.0 Å². The predicted octanol–water partition coefficient (Wildman–Crippen LogP) is 4.06. The number of nitrogens with zero attached hydrogens (tertiary/aromatic N) is 1. The highest BCUT2D eigenvalue weighted by Crippen LogP contribution is 2.38. The molecule has 148 valence electrons. The van der Waals surface area contributed by atoms with Crippen LogP contribution in [-0.4, -0.2) is 48.2 Å². The van der Waals surface area contributed by atoms with Crippen molar-refractivity contribution in [3.63, 3.8) is 0 Å². The molecule has 2 aliphatic rings. The van der Waals surface area contributed by atoms with Crippen molar-refractivity contribution in [3.8, 4) is 5.75 Å². The van der Waals surface area contributed by atoms with E-state index in [1.54, 1.807) is 11.0 Å². The summed E-state index contributed by atoms with van der Waals surface area (Å²) >= 11 is 12.8. The highest BCUT2D eigenvalue weighted by molar-refractivity contribution is 6.38. The first kappa shape index (κ1) is 20.1. The third-order valence-electron chi connectivity index (χ3n) is 4.56. The molecule has 27 heavy (non-hydrogen) atoms. The van der Waals surface area contributed by atoms with Gasteiger partial charge in [0.2, 0.25) is 0 Å². The Morgan fingerprint density at radius 1 is 1.26 bits per heavy atom. The van der Waals surface area contributed by atoms with Gasteiger partial charge in [-0.3, -0.25) is 4.79 Å². The van der Waals surface area contributed by atoms with Gasteiger partial charge in [-0.2, -0.15) is 0 Å². The van der Waals surface area contributed by atoms with Crippen LogP contribution in [-0.2, 0) is 11.2 Å². The summed E-state index contributed by atoms with van der Waals surface area (Å²) in [5, 5.41) is 3.56. The lowest BCUT2D eigenvalue weighted by atomic mass is 9.99. The molecule has 0 aromatic heterocycles. The zero-order valence-corrected chi connectivity index (χ0v) is 17.2. The number of likely N-dealkylation sites (tertiary alicyclic amines) is 1. The Labute approximate surface area is 169 Å². The van der Waals surface area contributed by atoms with Crippen molar-refractivity contribution in [1.29, 1.82) is 0 Å². The fraction of sp³-hybridized carbons (Fsp3) is 0.579. The van der Waals surface area contributed by atoms with Gasteiger partial charge in [-0.1, -0.05) is 23.2 Å². The lowest BCUT2D eigenvalue weighted by molar-refractivity contribution is 0.0126. The second-order valence-corrected chi connectivity index (χ2v) is 8.60. The Morgan fingerprint density at radius 2 is 1.93 bits per heavy atom. The van der Waals surface area contributed by atoms with E-state index in [0.717, 1.165) is 5.56 Å². The molecule has 0 radical (unpaired) electrons. The number of carbonyl (C=O) groups is 2. The van der Waals surface area contributed by atoms with Gasteiger partial charge in [0.15, 0.2) is 0 Å². The Kier molecular flexibility index (Phi) is 5.77. The molecule has 1 N–H and O–H groups in total. The largest absolute Gasteiger partial charge is 0.489 e. The van der Waals surface area contributed by atoms with E-state index >= 15 is 0 Å². The first-order valence-electron chi connectivity index (χ1n) is 9.09. The van der Waals surface area contributed by atoms with E-state index in [1.807, 2.05) is 20.8 Å². The van der Waals surface area contributed by atoms with Gasteiger partial charge in [-0.05, 0) is 32.8 Å². The molecule has 1 fully saturated rings. The highest BCUT2D eigenvalue weighted by Gasteiger charge is 2.30. The van der Waals surface area contributed by atoms with Gasteiger partial charge in [-0.25, -0.2) is 4.79 Å². The Bertz CT molecular complexity index is 753. The first-order valence-corrected chi connectivity index (χ1v) is 9.85.